The van der Waals surface area contributed by atoms with Gasteiger partial charge in [-0.25, -0.2) is 9.37 Å². The molecule has 5 heteroatoms. The molecule has 0 N–H and O–H groups in total. The molecule has 0 bridgehead atoms. The lowest BCUT2D eigenvalue weighted by Crippen LogP contribution is -1.93. The Labute approximate surface area is 137 Å². The average Bonchev–Trinajstić information content (AvgIpc) is 2.60. The van der Waals surface area contributed by atoms with E-state index < -0.39 is 0 Å². The fourth-order valence-electron chi connectivity index (χ4n) is 2.07. The number of hydrogen-bond donors (Lipinski definition) is 0. The fourth-order valence-corrected chi connectivity index (χ4v) is 2.99. The molecule has 0 saturated carbocycles. The van der Waals surface area contributed by atoms with Crippen LogP contribution in [0, 0.1) is 17.1 Å². The second-order valence-electron chi connectivity index (χ2n) is 4.79. The van der Waals surface area contributed by atoms with E-state index in [1.165, 1.54) is 23.9 Å². The van der Waals surface area contributed by atoms with Crippen LogP contribution in [0.5, 0.6) is 0 Å². The smallest absolute Gasteiger partial charge is 0.123 e. The van der Waals surface area contributed by atoms with E-state index >= 15 is 0 Å². The molecule has 0 fully saturated rings. The zero-order valence-electron chi connectivity index (χ0n) is 12.1. The summed E-state index contributed by atoms with van der Waals surface area (Å²) >= 11 is 1.41. The van der Waals surface area contributed by atoms with Gasteiger partial charge in [-0.15, -0.1) is 11.8 Å². The average molecular weight is 321 g/mol. The third-order valence-corrected chi connectivity index (χ3v) is 4.23. The van der Waals surface area contributed by atoms with Gasteiger partial charge in [0.05, 0.1) is 17.0 Å². The van der Waals surface area contributed by atoms with Gasteiger partial charge in [0, 0.05) is 11.9 Å². The van der Waals surface area contributed by atoms with Crippen LogP contribution in [0.1, 0.15) is 11.1 Å². The highest BCUT2D eigenvalue weighted by Gasteiger charge is 2.09. The molecular formula is C18H12FN3S. The summed E-state index contributed by atoms with van der Waals surface area (Å²) < 4.78 is 13.2. The maximum Gasteiger partial charge on any atom is 0.123 e. The lowest BCUT2D eigenvalue weighted by atomic mass is 10.2. The van der Waals surface area contributed by atoms with Crippen molar-refractivity contribution in [3.05, 3.63) is 77.7 Å². The third-order valence-electron chi connectivity index (χ3n) is 3.17. The van der Waals surface area contributed by atoms with Gasteiger partial charge in [-0.1, -0.05) is 18.2 Å². The second kappa shape index (κ2) is 7.03. The van der Waals surface area contributed by atoms with Gasteiger partial charge in [-0.05, 0) is 42.0 Å². The molecule has 1 aromatic carbocycles. The predicted molar refractivity (Wildman–Crippen MR) is 88.1 cm³/mol. The molecule has 23 heavy (non-hydrogen) atoms. The van der Waals surface area contributed by atoms with E-state index in [2.05, 4.69) is 16.0 Å². The van der Waals surface area contributed by atoms with E-state index in [-0.39, 0.29) is 5.82 Å². The highest BCUT2D eigenvalue weighted by molar-refractivity contribution is 7.98. The van der Waals surface area contributed by atoms with Crippen LogP contribution in [0.2, 0.25) is 0 Å². The molecular weight excluding hydrogens is 309 g/mol. The van der Waals surface area contributed by atoms with Crippen LogP contribution in [0.3, 0.4) is 0 Å². The van der Waals surface area contributed by atoms with Crippen molar-refractivity contribution in [3.8, 4) is 17.5 Å². The van der Waals surface area contributed by atoms with Crippen molar-refractivity contribution in [1.82, 2.24) is 9.97 Å². The minimum atomic E-state index is -0.265. The van der Waals surface area contributed by atoms with E-state index in [4.69, 9.17) is 0 Å². The van der Waals surface area contributed by atoms with Crippen LogP contribution in [0.15, 0.2) is 65.8 Å². The van der Waals surface area contributed by atoms with Crippen molar-refractivity contribution in [1.29, 1.82) is 5.26 Å². The molecule has 0 spiro atoms. The monoisotopic (exact) mass is 321 g/mol. The summed E-state index contributed by atoms with van der Waals surface area (Å²) in [5.74, 6) is 0.282. The lowest BCUT2D eigenvalue weighted by Gasteiger charge is -2.06. The molecule has 0 aliphatic heterocycles. The summed E-state index contributed by atoms with van der Waals surface area (Å²) in [6.45, 7) is 0. The van der Waals surface area contributed by atoms with Crippen molar-refractivity contribution in [2.75, 3.05) is 0 Å². The quantitative estimate of drug-likeness (QED) is 0.666. The first-order chi connectivity index (χ1) is 11.3. The SMILES string of the molecule is N#Cc1ccc(-c2ccccn2)nc1SCc1cccc(F)c1. The molecule has 2 aromatic heterocycles. The number of benzene rings is 1. The predicted octanol–water partition coefficient (Wildman–Crippen LogP) is 4.45. The van der Waals surface area contributed by atoms with Gasteiger partial charge < -0.3 is 0 Å². The van der Waals surface area contributed by atoms with Crippen molar-refractivity contribution >= 4 is 11.8 Å². The minimum Gasteiger partial charge on any atom is -0.255 e. The Morgan fingerprint density at radius 3 is 2.70 bits per heavy atom. The number of nitrogens with zero attached hydrogens (tertiary/aromatic N) is 3. The Kier molecular flexibility index (Phi) is 4.65. The maximum absolute atomic E-state index is 13.2. The number of halogens is 1. The molecule has 3 nitrogen and oxygen atoms in total. The van der Waals surface area contributed by atoms with Gasteiger partial charge in [0.1, 0.15) is 16.9 Å². The molecule has 0 aliphatic carbocycles. The molecule has 0 saturated heterocycles. The van der Waals surface area contributed by atoms with E-state index in [1.807, 2.05) is 24.3 Å². The number of pyridine rings is 2. The van der Waals surface area contributed by atoms with Gasteiger partial charge in [-0.2, -0.15) is 5.26 Å². The normalized spacial score (nSPS) is 10.3. The molecule has 112 valence electrons. The van der Waals surface area contributed by atoms with E-state index in [0.717, 1.165) is 11.3 Å². The van der Waals surface area contributed by atoms with Crippen LogP contribution in [0.25, 0.3) is 11.4 Å². The zero-order chi connectivity index (χ0) is 16.1. The van der Waals surface area contributed by atoms with Crippen molar-refractivity contribution in [2.24, 2.45) is 0 Å². The number of thioether (sulfide) groups is 1. The summed E-state index contributed by atoms with van der Waals surface area (Å²) in [5.41, 5.74) is 2.82. The molecule has 3 rings (SSSR count). The Morgan fingerprint density at radius 1 is 1.04 bits per heavy atom. The van der Waals surface area contributed by atoms with Gasteiger partial charge in [-0.3, -0.25) is 4.98 Å². The summed E-state index contributed by atoms with van der Waals surface area (Å²) in [7, 11) is 0. The molecule has 3 aromatic rings. The van der Waals surface area contributed by atoms with Gasteiger partial charge >= 0.3 is 0 Å². The standard InChI is InChI=1S/C18H12FN3S/c19-15-5-3-4-13(10-15)12-23-18-14(11-20)7-8-17(22-18)16-6-1-2-9-21-16/h1-10H,12H2. The Hall–Kier alpha value is -2.71. The molecule has 0 atom stereocenters. The van der Waals surface area contributed by atoms with Crippen molar-refractivity contribution < 1.29 is 4.39 Å². The van der Waals surface area contributed by atoms with Crippen LogP contribution in [0.4, 0.5) is 4.39 Å². The highest BCUT2D eigenvalue weighted by Crippen LogP contribution is 2.27. The molecule has 0 amide bonds. The van der Waals surface area contributed by atoms with E-state index in [0.29, 0.717) is 22.0 Å². The highest BCUT2D eigenvalue weighted by atomic mass is 32.2. The van der Waals surface area contributed by atoms with Crippen LogP contribution >= 0.6 is 11.8 Å². The Bertz CT molecular complexity index is 860. The lowest BCUT2D eigenvalue weighted by molar-refractivity contribution is 0.626. The number of aromatic nitrogens is 2. The first kappa shape index (κ1) is 15.2. The first-order valence-corrected chi connectivity index (χ1v) is 7.94. The van der Waals surface area contributed by atoms with Gasteiger partial charge in [0.15, 0.2) is 0 Å². The third kappa shape index (κ3) is 3.74. The second-order valence-corrected chi connectivity index (χ2v) is 5.76. The van der Waals surface area contributed by atoms with Crippen molar-refractivity contribution in [2.45, 2.75) is 10.8 Å². The maximum atomic E-state index is 13.2. The number of rotatable bonds is 4. The van der Waals surface area contributed by atoms with Gasteiger partial charge in [0.2, 0.25) is 0 Å². The van der Waals surface area contributed by atoms with Gasteiger partial charge in [0.25, 0.3) is 0 Å². The fraction of sp³-hybridized carbons (Fsp3) is 0.0556. The van der Waals surface area contributed by atoms with Crippen LogP contribution in [-0.2, 0) is 5.75 Å². The summed E-state index contributed by atoms with van der Waals surface area (Å²) in [6.07, 6.45) is 1.70. The van der Waals surface area contributed by atoms with E-state index in [1.54, 1.807) is 24.4 Å². The molecule has 0 unspecified atom stereocenters. The summed E-state index contributed by atoms with van der Waals surface area (Å²) in [5, 5.41) is 9.87. The summed E-state index contributed by atoms with van der Waals surface area (Å²) in [6, 6.07) is 17.7. The summed E-state index contributed by atoms with van der Waals surface area (Å²) in [4.78, 5) is 8.81. The minimum absolute atomic E-state index is 0.265. The topological polar surface area (TPSA) is 49.6 Å². The first-order valence-electron chi connectivity index (χ1n) is 6.96. The number of nitriles is 1. The Morgan fingerprint density at radius 2 is 1.96 bits per heavy atom. The largest absolute Gasteiger partial charge is 0.255 e. The molecule has 0 radical (unpaired) electrons. The molecule has 2 heterocycles. The number of hydrogen-bond acceptors (Lipinski definition) is 4. The molecule has 0 aliphatic rings. The van der Waals surface area contributed by atoms with Crippen molar-refractivity contribution in [3.63, 3.8) is 0 Å². The van der Waals surface area contributed by atoms with Crippen LogP contribution in [-0.4, -0.2) is 9.97 Å². The van der Waals surface area contributed by atoms with Crippen LogP contribution < -0.4 is 0 Å². The Balaban J connectivity index is 1.87. The van der Waals surface area contributed by atoms with E-state index in [9.17, 15) is 9.65 Å². The zero-order valence-corrected chi connectivity index (χ0v) is 12.9.